The molecule has 3 heteroatoms. The van der Waals surface area contributed by atoms with E-state index in [-0.39, 0.29) is 0 Å². The van der Waals surface area contributed by atoms with Gasteiger partial charge in [0.2, 0.25) is 0 Å². The van der Waals surface area contributed by atoms with Crippen molar-refractivity contribution in [2.45, 2.75) is 6.54 Å². The molecule has 3 nitrogen and oxygen atoms in total. The Bertz CT molecular complexity index is 878. The summed E-state index contributed by atoms with van der Waals surface area (Å²) in [5.41, 5.74) is 4.34. The van der Waals surface area contributed by atoms with E-state index in [4.69, 9.17) is 0 Å². The first-order chi connectivity index (χ1) is 9.92. The van der Waals surface area contributed by atoms with Crippen LogP contribution in [0.15, 0.2) is 67.1 Å². The molecule has 2 heterocycles. The normalized spacial score (nSPS) is 11.2. The van der Waals surface area contributed by atoms with Gasteiger partial charge in [-0.2, -0.15) is 0 Å². The van der Waals surface area contributed by atoms with E-state index >= 15 is 0 Å². The molecule has 0 bridgehead atoms. The zero-order chi connectivity index (χ0) is 13.4. The summed E-state index contributed by atoms with van der Waals surface area (Å²) in [6, 6.07) is 18.7. The number of rotatable bonds is 2. The molecule has 4 rings (SSSR count). The summed E-state index contributed by atoms with van der Waals surface area (Å²) in [5, 5.41) is 1.13. The third-order valence-corrected chi connectivity index (χ3v) is 3.56. The first-order valence-corrected chi connectivity index (χ1v) is 6.64. The van der Waals surface area contributed by atoms with Crippen molar-refractivity contribution in [1.29, 1.82) is 0 Å². The Morgan fingerprint density at radius 1 is 0.800 bits per heavy atom. The molecule has 0 aliphatic carbocycles. The second-order valence-electron chi connectivity index (χ2n) is 4.87. The molecule has 2 aromatic carbocycles. The lowest BCUT2D eigenvalue weighted by atomic mass is 10.2. The molecule has 4 aromatic rings. The zero-order valence-electron chi connectivity index (χ0n) is 10.9. The number of nitrogens with zero attached hydrogens (tertiary/aromatic N) is 3. The molecule has 0 radical (unpaired) electrons. The van der Waals surface area contributed by atoms with Crippen molar-refractivity contribution in [2.24, 2.45) is 0 Å². The van der Waals surface area contributed by atoms with Crippen molar-refractivity contribution in [3.8, 4) is 0 Å². The Morgan fingerprint density at radius 3 is 2.60 bits per heavy atom. The highest BCUT2D eigenvalue weighted by atomic mass is 15.0. The molecule has 0 atom stereocenters. The molecule has 0 saturated carbocycles. The third kappa shape index (κ3) is 1.75. The van der Waals surface area contributed by atoms with Crippen LogP contribution in [0.5, 0.6) is 0 Å². The first kappa shape index (κ1) is 11.2. The quantitative estimate of drug-likeness (QED) is 0.550. The fourth-order valence-electron chi connectivity index (χ4n) is 2.57. The van der Waals surface area contributed by atoms with Gasteiger partial charge in [0.05, 0.1) is 17.4 Å². The molecule has 0 N–H and O–H groups in total. The van der Waals surface area contributed by atoms with Gasteiger partial charge < -0.3 is 4.57 Å². The lowest BCUT2D eigenvalue weighted by molar-refractivity contribution is 0.824. The van der Waals surface area contributed by atoms with Gasteiger partial charge in [0.25, 0.3) is 0 Å². The first-order valence-electron chi connectivity index (χ1n) is 6.64. The van der Waals surface area contributed by atoms with E-state index < -0.39 is 0 Å². The van der Waals surface area contributed by atoms with Crippen LogP contribution in [0.1, 0.15) is 5.56 Å². The molecule has 0 unspecified atom stereocenters. The number of benzene rings is 2. The summed E-state index contributed by atoms with van der Waals surface area (Å²) >= 11 is 0. The number of imidazole rings is 1. The summed E-state index contributed by atoms with van der Waals surface area (Å²) < 4.78 is 2.17. The topological polar surface area (TPSA) is 30.7 Å². The van der Waals surface area contributed by atoms with E-state index in [0.717, 1.165) is 28.5 Å². The van der Waals surface area contributed by atoms with E-state index in [0.29, 0.717) is 0 Å². The van der Waals surface area contributed by atoms with Gasteiger partial charge in [-0.05, 0) is 17.7 Å². The average molecular weight is 259 g/mol. The zero-order valence-corrected chi connectivity index (χ0v) is 10.9. The predicted octanol–water partition coefficient (Wildman–Crippen LogP) is 3.63. The van der Waals surface area contributed by atoms with Crippen LogP contribution in [-0.4, -0.2) is 14.5 Å². The highest BCUT2D eigenvalue weighted by Gasteiger charge is 2.07. The molecule has 0 aliphatic heterocycles. The highest BCUT2D eigenvalue weighted by Crippen LogP contribution is 2.22. The summed E-state index contributed by atoms with van der Waals surface area (Å²) in [6.45, 7) is 0.829. The van der Waals surface area contributed by atoms with Crippen LogP contribution in [0, 0.1) is 0 Å². The number of hydrogen-bond donors (Lipinski definition) is 0. The van der Waals surface area contributed by atoms with Crippen LogP contribution >= 0.6 is 0 Å². The van der Waals surface area contributed by atoms with Crippen molar-refractivity contribution in [3.63, 3.8) is 0 Å². The van der Waals surface area contributed by atoms with Crippen molar-refractivity contribution in [1.82, 2.24) is 14.5 Å². The number of pyridine rings is 1. The number of aromatic nitrogens is 3. The fourth-order valence-corrected chi connectivity index (χ4v) is 2.57. The van der Waals surface area contributed by atoms with Gasteiger partial charge >= 0.3 is 0 Å². The maximum atomic E-state index is 4.54. The molecule has 0 aliphatic rings. The summed E-state index contributed by atoms with van der Waals surface area (Å²) in [7, 11) is 0. The molecule has 20 heavy (non-hydrogen) atoms. The minimum Gasteiger partial charge on any atom is -0.326 e. The van der Waals surface area contributed by atoms with Crippen molar-refractivity contribution < 1.29 is 0 Å². The second kappa shape index (κ2) is 4.46. The smallest absolute Gasteiger partial charge is 0.115 e. The Kier molecular flexibility index (Phi) is 2.49. The number of fused-ring (bicyclic) bond motifs is 3. The standard InChI is InChI=1S/C17H13N3/c1-2-5-13(6-3-1)11-20-12-19-17-15(20)9-8-14-7-4-10-18-16(14)17/h1-10,12H,11H2. The lowest BCUT2D eigenvalue weighted by Crippen LogP contribution is -1.97. The van der Waals surface area contributed by atoms with Crippen molar-refractivity contribution >= 4 is 21.9 Å². The molecule has 96 valence electrons. The van der Waals surface area contributed by atoms with Crippen LogP contribution in [0.4, 0.5) is 0 Å². The maximum absolute atomic E-state index is 4.54. The van der Waals surface area contributed by atoms with Crippen LogP contribution in [0.25, 0.3) is 21.9 Å². The predicted molar refractivity (Wildman–Crippen MR) is 80.6 cm³/mol. The van der Waals surface area contributed by atoms with E-state index in [1.807, 2.05) is 24.7 Å². The Balaban J connectivity index is 1.88. The van der Waals surface area contributed by atoms with Crippen molar-refractivity contribution in [2.75, 3.05) is 0 Å². The summed E-state index contributed by atoms with van der Waals surface area (Å²) in [4.78, 5) is 9.00. The van der Waals surface area contributed by atoms with Gasteiger partial charge in [0, 0.05) is 18.1 Å². The average Bonchev–Trinajstić information content (AvgIpc) is 2.92. The molecule has 0 fully saturated rings. The van der Waals surface area contributed by atoms with Crippen LogP contribution in [-0.2, 0) is 6.54 Å². The summed E-state index contributed by atoms with van der Waals surface area (Å²) in [6.07, 6.45) is 3.71. The molecule has 0 spiro atoms. The van der Waals surface area contributed by atoms with Gasteiger partial charge in [0.1, 0.15) is 5.52 Å². The van der Waals surface area contributed by atoms with Crippen LogP contribution in [0.3, 0.4) is 0 Å². The Morgan fingerprint density at radius 2 is 1.70 bits per heavy atom. The second-order valence-corrected chi connectivity index (χ2v) is 4.87. The van der Waals surface area contributed by atoms with E-state index in [9.17, 15) is 0 Å². The maximum Gasteiger partial charge on any atom is 0.115 e. The number of hydrogen-bond acceptors (Lipinski definition) is 2. The fraction of sp³-hybridized carbons (Fsp3) is 0.0588. The minimum atomic E-state index is 0.829. The van der Waals surface area contributed by atoms with Gasteiger partial charge in [-0.3, -0.25) is 4.98 Å². The molecular formula is C17H13N3. The monoisotopic (exact) mass is 259 g/mol. The van der Waals surface area contributed by atoms with Gasteiger partial charge in [0.15, 0.2) is 0 Å². The van der Waals surface area contributed by atoms with Gasteiger partial charge in [-0.1, -0.05) is 42.5 Å². The largest absolute Gasteiger partial charge is 0.326 e. The van der Waals surface area contributed by atoms with Gasteiger partial charge in [-0.15, -0.1) is 0 Å². The minimum absolute atomic E-state index is 0.829. The van der Waals surface area contributed by atoms with E-state index in [1.165, 1.54) is 5.56 Å². The third-order valence-electron chi connectivity index (χ3n) is 3.56. The molecule has 2 aromatic heterocycles. The molecule has 0 amide bonds. The summed E-state index contributed by atoms with van der Waals surface area (Å²) in [5.74, 6) is 0. The highest BCUT2D eigenvalue weighted by molar-refractivity contribution is 6.01. The Hall–Kier alpha value is -2.68. The molecular weight excluding hydrogens is 246 g/mol. The van der Waals surface area contributed by atoms with Crippen LogP contribution < -0.4 is 0 Å². The van der Waals surface area contributed by atoms with E-state index in [2.05, 4.69) is 57.0 Å². The van der Waals surface area contributed by atoms with E-state index in [1.54, 1.807) is 0 Å². The lowest BCUT2D eigenvalue weighted by Gasteiger charge is -2.05. The SMILES string of the molecule is c1ccc(Cn2cnc3c4ncccc4ccc32)cc1. The molecule has 0 saturated heterocycles. The van der Waals surface area contributed by atoms with Crippen LogP contribution in [0.2, 0.25) is 0 Å². The Labute approximate surface area is 116 Å². The van der Waals surface area contributed by atoms with Crippen molar-refractivity contribution in [3.05, 3.63) is 72.7 Å². The van der Waals surface area contributed by atoms with Gasteiger partial charge in [-0.25, -0.2) is 4.98 Å².